The quantitative estimate of drug-likeness (QED) is 0.550. The zero-order valence-electron chi connectivity index (χ0n) is 21.6. The van der Waals surface area contributed by atoms with Crippen LogP contribution in [0, 0.1) is 5.92 Å². The summed E-state index contributed by atoms with van der Waals surface area (Å²) in [5.41, 5.74) is 5.26. The minimum Gasteiger partial charge on any atom is -0.444 e. The van der Waals surface area contributed by atoms with E-state index in [1.165, 1.54) is 16.7 Å². The average molecular weight is 510 g/mol. The molecular weight excluding hydrogens is 474 g/mol. The Morgan fingerprint density at radius 2 is 1.94 bits per heavy atom. The van der Waals surface area contributed by atoms with Crippen LogP contribution in [0.1, 0.15) is 74.8 Å². The SMILES string of the molecule is CNC(=O)CC/C1=C/c2cc(Cl)ccc2C(C2CCN(C(=O)OC(C)(C)C)CC2)c2ncccc2C1. The second kappa shape index (κ2) is 11.0. The fourth-order valence-corrected chi connectivity index (χ4v) is 5.46. The largest absolute Gasteiger partial charge is 0.444 e. The van der Waals surface area contributed by atoms with E-state index in [0.717, 1.165) is 30.5 Å². The Morgan fingerprint density at radius 3 is 2.64 bits per heavy atom. The smallest absolute Gasteiger partial charge is 0.410 e. The number of fused-ring (bicyclic) bond motifs is 2. The Balaban J connectivity index is 1.66. The lowest BCUT2D eigenvalue weighted by atomic mass is 9.73. The number of pyridine rings is 1. The Bertz CT molecular complexity index is 1150. The lowest BCUT2D eigenvalue weighted by molar-refractivity contribution is -0.120. The van der Waals surface area contributed by atoms with E-state index in [1.807, 2.05) is 50.1 Å². The molecule has 36 heavy (non-hydrogen) atoms. The molecule has 1 unspecified atom stereocenters. The summed E-state index contributed by atoms with van der Waals surface area (Å²) < 4.78 is 5.60. The van der Waals surface area contributed by atoms with Crippen molar-refractivity contribution in [3.63, 3.8) is 0 Å². The number of carbonyl (C=O) groups excluding carboxylic acids is 2. The first-order valence-electron chi connectivity index (χ1n) is 12.8. The van der Waals surface area contributed by atoms with Gasteiger partial charge >= 0.3 is 6.09 Å². The monoisotopic (exact) mass is 509 g/mol. The van der Waals surface area contributed by atoms with Crippen molar-refractivity contribution in [3.8, 4) is 0 Å². The van der Waals surface area contributed by atoms with Crippen LogP contribution in [0.15, 0.2) is 42.1 Å². The van der Waals surface area contributed by atoms with E-state index in [1.54, 1.807) is 7.05 Å². The average Bonchev–Trinajstić information content (AvgIpc) is 2.83. The summed E-state index contributed by atoms with van der Waals surface area (Å²) in [5, 5.41) is 3.41. The maximum Gasteiger partial charge on any atom is 0.410 e. The molecule has 0 bridgehead atoms. The third kappa shape index (κ3) is 6.28. The van der Waals surface area contributed by atoms with E-state index in [0.29, 0.717) is 36.9 Å². The molecule has 2 amide bonds. The standard InChI is InChI=1S/C29H36ClN3O3/c1-29(2,3)36-28(35)33-14-11-20(12-15-33)26-24-9-8-23(30)18-22(24)17-19(7-10-25(34)31-4)16-21-6-5-13-32-27(21)26/h5-6,8-9,13,17-18,20,26H,7,10-12,14-16H2,1-4H3,(H,31,34)/b19-17-. The van der Waals surface area contributed by atoms with Gasteiger partial charge in [0.05, 0.1) is 5.69 Å². The molecule has 2 aliphatic rings. The number of aromatic nitrogens is 1. The van der Waals surface area contributed by atoms with E-state index in [-0.39, 0.29) is 17.9 Å². The van der Waals surface area contributed by atoms with Gasteiger partial charge in [0.1, 0.15) is 5.60 Å². The van der Waals surface area contributed by atoms with Gasteiger partial charge in [-0.1, -0.05) is 35.4 Å². The van der Waals surface area contributed by atoms with Crippen molar-refractivity contribution >= 4 is 29.7 Å². The molecule has 7 heteroatoms. The first-order valence-corrected chi connectivity index (χ1v) is 13.1. The van der Waals surface area contributed by atoms with Crippen LogP contribution in [-0.2, 0) is 16.0 Å². The summed E-state index contributed by atoms with van der Waals surface area (Å²) in [6.45, 7) is 7.01. The third-order valence-corrected chi connectivity index (χ3v) is 7.23. The lowest BCUT2D eigenvalue weighted by Crippen LogP contribution is -2.42. The van der Waals surface area contributed by atoms with E-state index >= 15 is 0 Å². The molecule has 4 rings (SSSR count). The Hall–Kier alpha value is -2.86. The third-order valence-electron chi connectivity index (χ3n) is 7.00. The predicted octanol–water partition coefficient (Wildman–Crippen LogP) is 5.98. The number of allylic oxidation sites excluding steroid dienone is 1. The molecule has 6 nitrogen and oxygen atoms in total. The Kier molecular flexibility index (Phi) is 8.04. The summed E-state index contributed by atoms with van der Waals surface area (Å²) in [4.78, 5) is 31.3. The first-order chi connectivity index (χ1) is 17.1. The van der Waals surface area contributed by atoms with Crippen molar-refractivity contribution in [2.24, 2.45) is 5.92 Å². The second-order valence-electron chi connectivity index (χ2n) is 10.8. The van der Waals surface area contributed by atoms with Crippen LogP contribution in [-0.4, -0.2) is 47.6 Å². The van der Waals surface area contributed by atoms with E-state index in [9.17, 15) is 9.59 Å². The van der Waals surface area contributed by atoms with Crippen molar-refractivity contribution in [2.45, 2.75) is 64.4 Å². The van der Waals surface area contributed by atoms with Crippen LogP contribution in [0.25, 0.3) is 6.08 Å². The number of likely N-dealkylation sites (tertiary alicyclic amines) is 1. The molecule has 2 heterocycles. The van der Waals surface area contributed by atoms with Gasteiger partial charge in [-0.15, -0.1) is 0 Å². The lowest BCUT2D eigenvalue weighted by Gasteiger charge is -2.38. The van der Waals surface area contributed by atoms with Gasteiger partial charge < -0.3 is 15.0 Å². The first kappa shape index (κ1) is 26.2. The minimum absolute atomic E-state index is 0.0327. The number of nitrogens with zero attached hydrogens (tertiary/aromatic N) is 2. The van der Waals surface area contributed by atoms with Crippen molar-refractivity contribution < 1.29 is 14.3 Å². The number of amides is 2. The van der Waals surface area contributed by atoms with Crippen molar-refractivity contribution in [3.05, 3.63) is 69.5 Å². The van der Waals surface area contributed by atoms with E-state index < -0.39 is 5.60 Å². The maximum atomic E-state index is 12.6. The minimum atomic E-state index is -0.504. The summed E-state index contributed by atoms with van der Waals surface area (Å²) >= 11 is 6.44. The van der Waals surface area contributed by atoms with Gasteiger partial charge in [0, 0.05) is 43.7 Å². The van der Waals surface area contributed by atoms with Crippen LogP contribution in [0.4, 0.5) is 4.79 Å². The van der Waals surface area contributed by atoms with Gasteiger partial charge in [-0.2, -0.15) is 0 Å². The summed E-state index contributed by atoms with van der Waals surface area (Å²) in [7, 11) is 1.67. The zero-order chi connectivity index (χ0) is 25.9. The molecule has 1 aromatic carbocycles. The molecule has 1 N–H and O–H groups in total. The normalized spacial score (nSPS) is 19.8. The molecule has 0 radical (unpaired) electrons. The van der Waals surface area contributed by atoms with Crippen molar-refractivity contribution in [1.29, 1.82) is 0 Å². The number of rotatable bonds is 4. The van der Waals surface area contributed by atoms with Gasteiger partial charge in [0.15, 0.2) is 0 Å². The molecule has 1 aliphatic heterocycles. The van der Waals surface area contributed by atoms with Crippen molar-refractivity contribution in [1.82, 2.24) is 15.2 Å². The van der Waals surface area contributed by atoms with Gasteiger partial charge in [-0.25, -0.2) is 4.79 Å². The van der Waals surface area contributed by atoms with Crippen LogP contribution >= 0.6 is 11.6 Å². The highest BCUT2D eigenvalue weighted by Gasteiger charge is 2.35. The number of halogens is 1. The van der Waals surface area contributed by atoms with Gasteiger partial charge in [-0.05, 0) is 87.3 Å². The molecule has 1 aromatic heterocycles. The second-order valence-corrected chi connectivity index (χ2v) is 11.2. The van der Waals surface area contributed by atoms with Gasteiger partial charge in [-0.3, -0.25) is 9.78 Å². The maximum absolute atomic E-state index is 12.6. The van der Waals surface area contributed by atoms with E-state index in [2.05, 4.69) is 23.5 Å². The number of carbonyl (C=O) groups is 2. The number of benzene rings is 1. The molecule has 1 saturated heterocycles. The summed E-state index contributed by atoms with van der Waals surface area (Å²) in [5.74, 6) is 0.467. The topological polar surface area (TPSA) is 71.5 Å². The van der Waals surface area contributed by atoms with Crippen LogP contribution in [0.3, 0.4) is 0 Å². The molecule has 1 atom stereocenters. The highest BCUT2D eigenvalue weighted by molar-refractivity contribution is 6.30. The highest BCUT2D eigenvalue weighted by atomic mass is 35.5. The van der Waals surface area contributed by atoms with E-state index in [4.69, 9.17) is 21.3 Å². The number of piperidine rings is 1. The fourth-order valence-electron chi connectivity index (χ4n) is 5.28. The zero-order valence-corrected chi connectivity index (χ0v) is 22.4. The molecule has 2 aromatic rings. The summed E-state index contributed by atoms with van der Waals surface area (Å²) in [6, 6.07) is 10.2. The molecule has 0 spiro atoms. The molecule has 0 saturated carbocycles. The molecule has 192 valence electrons. The number of nitrogens with one attached hydrogen (secondary N) is 1. The predicted molar refractivity (Wildman–Crippen MR) is 143 cm³/mol. The highest BCUT2D eigenvalue weighted by Crippen LogP contribution is 2.43. The number of ether oxygens (including phenoxy) is 1. The van der Waals surface area contributed by atoms with Crippen LogP contribution < -0.4 is 5.32 Å². The Labute approximate surface area is 219 Å². The van der Waals surface area contributed by atoms with Gasteiger partial charge in [0.25, 0.3) is 0 Å². The fraction of sp³-hybridized carbons (Fsp3) is 0.483. The summed E-state index contributed by atoms with van der Waals surface area (Å²) in [6.07, 6.45) is 7.45. The number of hydrogen-bond acceptors (Lipinski definition) is 4. The van der Waals surface area contributed by atoms with Crippen LogP contribution in [0.5, 0.6) is 0 Å². The molecule has 1 aliphatic carbocycles. The molecule has 1 fully saturated rings. The number of hydrogen-bond donors (Lipinski definition) is 1. The van der Waals surface area contributed by atoms with Gasteiger partial charge in [0.2, 0.25) is 5.91 Å². The van der Waals surface area contributed by atoms with Crippen LogP contribution in [0.2, 0.25) is 5.02 Å². The van der Waals surface area contributed by atoms with Crippen molar-refractivity contribution in [2.75, 3.05) is 20.1 Å². The molecular formula is C29H36ClN3O3. The Morgan fingerprint density at radius 1 is 1.19 bits per heavy atom.